The molecule has 0 fully saturated rings. The van der Waals surface area contributed by atoms with Crippen LogP contribution >= 0.6 is 0 Å². The molecule has 0 aliphatic carbocycles. The minimum absolute atomic E-state index is 0.649. The third-order valence-electron chi connectivity index (χ3n) is 1.44. The molecule has 4 N–H and O–H groups in total. The Morgan fingerprint density at radius 3 is 2.50 bits per heavy atom. The van der Waals surface area contributed by atoms with Crippen LogP contribution in [0.1, 0.15) is 11.7 Å². The van der Waals surface area contributed by atoms with Crippen LogP contribution in [0.5, 0.6) is 0 Å². The first-order valence-electron chi connectivity index (χ1n) is 3.50. The maximum absolute atomic E-state index is 10.2. The number of hydrogen-bond donors (Lipinski definition) is 3. The molecule has 0 radical (unpaired) electrons. The van der Waals surface area contributed by atoms with Gasteiger partial charge < -0.3 is 16.2 Å². The molecule has 0 saturated heterocycles. The van der Waals surface area contributed by atoms with Crippen LogP contribution in [0, 0.1) is 0 Å². The van der Waals surface area contributed by atoms with Crippen molar-refractivity contribution in [3.63, 3.8) is 0 Å². The summed E-state index contributed by atoms with van der Waals surface area (Å²) >= 11 is 0. The van der Waals surface area contributed by atoms with Crippen molar-refractivity contribution < 1.29 is 9.90 Å². The number of hydrogen-bond acceptors (Lipinski definition) is 2. The number of amides is 1. The highest BCUT2D eigenvalue weighted by atomic mass is 16.4. The van der Waals surface area contributed by atoms with E-state index in [0.717, 1.165) is 5.56 Å². The summed E-state index contributed by atoms with van der Waals surface area (Å²) in [6.45, 7) is 0. The molecule has 12 heavy (non-hydrogen) atoms. The van der Waals surface area contributed by atoms with Crippen LogP contribution in [-0.2, 0) is 0 Å². The number of nitrogens with two attached hydrogens (primary N) is 1. The Bertz CT molecular complexity index is 261. The Hall–Kier alpha value is -1.55. The van der Waals surface area contributed by atoms with Crippen molar-refractivity contribution in [3.05, 3.63) is 35.9 Å². The van der Waals surface area contributed by atoms with Crippen molar-refractivity contribution in [1.82, 2.24) is 5.32 Å². The van der Waals surface area contributed by atoms with E-state index in [0.29, 0.717) is 0 Å². The zero-order valence-corrected chi connectivity index (χ0v) is 6.40. The van der Waals surface area contributed by atoms with Gasteiger partial charge in [-0.2, -0.15) is 0 Å². The first-order chi connectivity index (χ1) is 5.70. The van der Waals surface area contributed by atoms with Crippen molar-refractivity contribution in [2.45, 2.75) is 6.17 Å². The van der Waals surface area contributed by atoms with Crippen LogP contribution in [0.3, 0.4) is 0 Å². The molecular weight excluding hydrogens is 156 g/mol. The summed E-state index contributed by atoms with van der Waals surface area (Å²) in [5, 5.41) is 10.5. The smallest absolute Gasteiger partial charge is 0.406 e. The normalized spacial score (nSPS) is 12.1. The largest absolute Gasteiger partial charge is 0.465 e. The average molecular weight is 166 g/mol. The van der Waals surface area contributed by atoms with Crippen molar-refractivity contribution in [3.8, 4) is 0 Å². The third kappa shape index (κ3) is 2.25. The van der Waals surface area contributed by atoms with Crippen molar-refractivity contribution >= 4 is 6.09 Å². The van der Waals surface area contributed by atoms with Gasteiger partial charge in [-0.1, -0.05) is 30.3 Å². The summed E-state index contributed by atoms with van der Waals surface area (Å²) < 4.78 is 0. The van der Waals surface area contributed by atoms with Gasteiger partial charge in [0.25, 0.3) is 0 Å². The van der Waals surface area contributed by atoms with Gasteiger partial charge in [-0.25, -0.2) is 4.79 Å². The molecule has 1 rings (SSSR count). The summed E-state index contributed by atoms with van der Waals surface area (Å²) in [7, 11) is 0. The van der Waals surface area contributed by atoms with E-state index in [9.17, 15) is 4.79 Å². The van der Waals surface area contributed by atoms with Gasteiger partial charge in [0.1, 0.15) is 6.17 Å². The Morgan fingerprint density at radius 2 is 2.00 bits per heavy atom. The van der Waals surface area contributed by atoms with E-state index in [2.05, 4.69) is 5.32 Å². The molecule has 0 heterocycles. The highest BCUT2D eigenvalue weighted by Crippen LogP contribution is 2.05. The highest BCUT2D eigenvalue weighted by Gasteiger charge is 2.06. The van der Waals surface area contributed by atoms with Crippen molar-refractivity contribution in [2.24, 2.45) is 5.73 Å². The predicted octanol–water partition coefficient (Wildman–Crippen LogP) is 0.911. The Kier molecular flexibility index (Phi) is 2.66. The van der Waals surface area contributed by atoms with Gasteiger partial charge in [-0.05, 0) is 5.56 Å². The van der Waals surface area contributed by atoms with Gasteiger partial charge in [0.2, 0.25) is 0 Å². The Balaban J connectivity index is 2.65. The maximum atomic E-state index is 10.2. The number of benzene rings is 1. The summed E-state index contributed by atoms with van der Waals surface area (Å²) in [6.07, 6.45) is -1.77. The number of carbonyl (C=O) groups is 1. The summed E-state index contributed by atoms with van der Waals surface area (Å²) in [4.78, 5) is 10.2. The maximum Gasteiger partial charge on any atom is 0.406 e. The molecule has 1 aromatic rings. The summed E-state index contributed by atoms with van der Waals surface area (Å²) in [5.41, 5.74) is 6.25. The van der Waals surface area contributed by atoms with Gasteiger partial charge >= 0.3 is 6.09 Å². The summed E-state index contributed by atoms with van der Waals surface area (Å²) in [5.74, 6) is 0. The molecule has 1 aromatic carbocycles. The van der Waals surface area contributed by atoms with Crippen LogP contribution < -0.4 is 11.1 Å². The van der Waals surface area contributed by atoms with Crippen molar-refractivity contribution in [2.75, 3.05) is 0 Å². The van der Waals surface area contributed by atoms with Gasteiger partial charge in [0.05, 0.1) is 0 Å². The molecule has 0 aromatic heterocycles. The average Bonchev–Trinajstić information content (AvgIpc) is 2.05. The first kappa shape index (κ1) is 8.55. The van der Waals surface area contributed by atoms with Crippen LogP contribution in [0.2, 0.25) is 0 Å². The third-order valence-corrected chi connectivity index (χ3v) is 1.44. The predicted molar refractivity (Wildman–Crippen MR) is 44.5 cm³/mol. The lowest BCUT2D eigenvalue weighted by molar-refractivity contribution is 0.190. The number of carboxylic acid groups (broad SMARTS) is 1. The molecule has 1 atom stereocenters. The number of nitrogens with one attached hydrogen (secondary N) is 1. The van der Waals surface area contributed by atoms with Gasteiger partial charge in [-0.15, -0.1) is 0 Å². The highest BCUT2D eigenvalue weighted by molar-refractivity contribution is 5.65. The lowest BCUT2D eigenvalue weighted by atomic mass is 10.2. The molecular formula is C8H10N2O2. The van der Waals surface area contributed by atoms with Gasteiger partial charge in [-0.3, -0.25) is 0 Å². The minimum atomic E-state index is -1.12. The quantitative estimate of drug-likeness (QED) is 0.571. The molecule has 0 saturated carbocycles. The van der Waals surface area contributed by atoms with E-state index >= 15 is 0 Å². The standard InChI is InChI=1S/C8H10N2O2/c9-7(10-8(11)12)6-4-2-1-3-5-6/h1-5,7,10H,9H2,(H,11,12). The molecule has 1 unspecified atom stereocenters. The summed E-state index contributed by atoms with van der Waals surface area (Å²) in [6, 6.07) is 8.98. The Labute approximate surface area is 70.0 Å². The van der Waals surface area contributed by atoms with Crippen LogP contribution in [0.4, 0.5) is 4.79 Å². The minimum Gasteiger partial charge on any atom is -0.465 e. The molecule has 0 aliphatic rings. The first-order valence-corrected chi connectivity index (χ1v) is 3.50. The second-order valence-electron chi connectivity index (χ2n) is 2.34. The topological polar surface area (TPSA) is 75.3 Å². The van der Waals surface area contributed by atoms with Crippen molar-refractivity contribution in [1.29, 1.82) is 0 Å². The van der Waals surface area contributed by atoms with E-state index in [1.165, 1.54) is 0 Å². The van der Waals surface area contributed by atoms with E-state index in [4.69, 9.17) is 10.8 Å². The second-order valence-corrected chi connectivity index (χ2v) is 2.34. The monoisotopic (exact) mass is 166 g/mol. The SMILES string of the molecule is NC(NC(=O)O)c1ccccc1. The molecule has 4 heteroatoms. The molecule has 0 spiro atoms. The van der Waals surface area contributed by atoms with Crippen LogP contribution in [0.25, 0.3) is 0 Å². The zero-order chi connectivity index (χ0) is 8.97. The molecule has 64 valence electrons. The molecule has 0 bridgehead atoms. The lowest BCUT2D eigenvalue weighted by Crippen LogP contribution is -2.32. The Morgan fingerprint density at radius 1 is 1.42 bits per heavy atom. The van der Waals surface area contributed by atoms with E-state index in [1.807, 2.05) is 6.07 Å². The molecule has 1 amide bonds. The second kappa shape index (κ2) is 3.73. The van der Waals surface area contributed by atoms with E-state index in [1.54, 1.807) is 24.3 Å². The van der Waals surface area contributed by atoms with Gasteiger partial charge in [0.15, 0.2) is 0 Å². The van der Waals surface area contributed by atoms with E-state index in [-0.39, 0.29) is 0 Å². The lowest BCUT2D eigenvalue weighted by Gasteiger charge is -2.10. The van der Waals surface area contributed by atoms with Crippen LogP contribution in [0.15, 0.2) is 30.3 Å². The van der Waals surface area contributed by atoms with Crippen LogP contribution in [-0.4, -0.2) is 11.2 Å². The number of rotatable bonds is 2. The molecule has 0 aliphatic heterocycles. The fourth-order valence-electron chi connectivity index (χ4n) is 0.877. The fraction of sp³-hybridized carbons (Fsp3) is 0.125. The fourth-order valence-corrected chi connectivity index (χ4v) is 0.877. The molecule has 4 nitrogen and oxygen atoms in total. The zero-order valence-electron chi connectivity index (χ0n) is 6.40. The van der Waals surface area contributed by atoms with Gasteiger partial charge in [0, 0.05) is 0 Å². The van der Waals surface area contributed by atoms with E-state index < -0.39 is 12.3 Å².